The summed E-state index contributed by atoms with van der Waals surface area (Å²) in [6.45, 7) is 0. The molecule has 2 aromatic rings. The minimum Gasteiger partial charge on any atom is -0.345 e. The maximum atomic E-state index is 13.6. The minimum atomic E-state index is -4.20. The van der Waals surface area contributed by atoms with E-state index >= 15 is 0 Å². The Kier molecular flexibility index (Phi) is 4.65. The maximum absolute atomic E-state index is 13.6. The molecule has 122 valence electrons. The topological polar surface area (TPSA) is 66.5 Å². The predicted octanol–water partition coefficient (Wildman–Crippen LogP) is 2.47. The van der Waals surface area contributed by atoms with Crippen molar-refractivity contribution in [3.63, 3.8) is 0 Å². The lowest BCUT2D eigenvalue weighted by atomic mass is 10.2. The van der Waals surface area contributed by atoms with Gasteiger partial charge >= 0.3 is 0 Å². The summed E-state index contributed by atoms with van der Waals surface area (Å²) < 4.78 is 52.9. The molecule has 0 saturated heterocycles. The van der Waals surface area contributed by atoms with Gasteiger partial charge in [0, 0.05) is 31.4 Å². The van der Waals surface area contributed by atoms with E-state index in [1.807, 2.05) is 0 Å². The third-order valence-corrected chi connectivity index (χ3v) is 4.39. The molecule has 2 rings (SSSR count). The van der Waals surface area contributed by atoms with E-state index in [0.717, 1.165) is 12.1 Å². The Labute approximate surface area is 132 Å². The summed E-state index contributed by atoms with van der Waals surface area (Å²) in [4.78, 5) is 12.5. The molecule has 0 radical (unpaired) electrons. The average Bonchev–Trinajstić information content (AvgIpc) is 2.46. The highest BCUT2D eigenvalue weighted by Gasteiger charge is 2.20. The fourth-order valence-corrected chi connectivity index (χ4v) is 2.96. The smallest absolute Gasteiger partial charge is 0.264 e. The van der Waals surface area contributed by atoms with Crippen LogP contribution in [-0.4, -0.2) is 33.3 Å². The van der Waals surface area contributed by atoms with Crippen molar-refractivity contribution in [2.75, 3.05) is 18.8 Å². The van der Waals surface area contributed by atoms with Crippen LogP contribution >= 0.6 is 0 Å². The van der Waals surface area contributed by atoms with Crippen molar-refractivity contribution in [3.05, 3.63) is 59.7 Å². The average molecular weight is 340 g/mol. The molecule has 0 aliphatic heterocycles. The summed E-state index contributed by atoms with van der Waals surface area (Å²) in [5.74, 6) is -2.28. The largest absolute Gasteiger partial charge is 0.345 e. The van der Waals surface area contributed by atoms with Crippen molar-refractivity contribution >= 4 is 21.6 Å². The Morgan fingerprint density at radius 3 is 2.17 bits per heavy atom. The van der Waals surface area contributed by atoms with Gasteiger partial charge in [0.1, 0.15) is 16.5 Å². The third kappa shape index (κ3) is 3.84. The van der Waals surface area contributed by atoms with Gasteiger partial charge in [0.15, 0.2) is 0 Å². The Balaban J connectivity index is 2.26. The summed E-state index contributed by atoms with van der Waals surface area (Å²) >= 11 is 0. The molecule has 0 fully saturated rings. The highest BCUT2D eigenvalue weighted by Crippen LogP contribution is 2.20. The lowest BCUT2D eigenvalue weighted by molar-refractivity contribution is 0.0827. The number of hydrogen-bond donors (Lipinski definition) is 1. The van der Waals surface area contributed by atoms with E-state index in [1.165, 1.54) is 29.2 Å². The van der Waals surface area contributed by atoms with Crippen LogP contribution in [0.5, 0.6) is 0 Å². The first-order valence-electron chi connectivity index (χ1n) is 6.50. The molecule has 8 heteroatoms. The Morgan fingerprint density at radius 1 is 1.04 bits per heavy atom. The molecular weight excluding hydrogens is 326 g/mol. The van der Waals surface area contributed by atoms with Crippen LogP contribution in [0.15, 0.2) is 47.4 Å². The van der Waals surface area contributed by atoms with Crippen LogP contribution in [0.3, 0.4) is 0 Å². The van der Waals surface area contributed by atoms with Crippen LogP contribution in [-0.2, 0) is 10.0 Å². The van der Waals surface area contributed by atoms with Gasteiger partial charge in [0.25, 0.3) is 15.9 Å². The Bertz CT molecular complexity index is 834. The molecular formula is C15H14F2N2O3S. The number of benzene rings is 2. The summed E-state index contributed by atoms with van der Waals surface area (Å²) in [6, 6.07) is 7.86. The number of halogens is 2. The molecule has 0 saturated carbocycles. The van der Waals surface area contributed by atoms with E-state index in [4.69, 9.17) is 0 Å². The number of sulfonamides is 1. The van der Waals surface area contributed by atoms with Gasteiger partial charge in [-0.05, 0) is 36.4 Å². The summed E-state index contributed by atoms with van der Waals surface area (Å²) in [6.07, 6.45) is 0. The number of anilines is 1. The molecule has 5 nitrogen and oxygen atoms in total. The lowest BCUT2D eigenvalue weighted by Crippen LogP contribution is -2.21. The van der Waals surface area contributed by atoms with Crippen molar-refractivity contribution in [1.29, 1.82) is 0 Å². The van der Waals surface area contributed by atoms with Gasteiger partial charge in [-0.2, -0.15) is 0 Å². The van der Waals surface area contributed by atoms with Crippen LogP contribution < -0.4 is 4.72 Å². The summed E-state index contributed by atoms with van der Waals surface area (Å²) in [7, 11) is -1.01. The van der Waals surface area contributed by atoms with Gasteiger partial charge in [0.2, 0.25) is 0 Å². The SMILES string of the molecule is CN(C)C(=O)c1ccc(NS(=O)(=O)c2ccc(F)cc2F)cc1. The number of carbonyl (C=O) groups excluding carboxylic acids is 1. The van der Waals surface area contributed by atoms with Crippen molar-refractivity contribution < 1.29 is 22.0 Å². The van der Waals surface area contributed by atoms with Crippen molar-refractivity contribution in [1.82, 2.24) is 4.90 Å². The van der Waals surface area contributed by atoms with E-state index in [1.54, 1.807) is 14.1 Å². The number of amides is 1. The molecule has 0 spiro atoms. The van der Waals surface area contributed by atoms with Crippen LogP contribution in [0, 0.1) is 11.6 Å². The zero-order chi connectivity index (χ0) is 17.2. The number of hydrogen-bond acceptors (Lipinski definition) is 3. The van der Waals surface area contributed by atoms with Gasteiger partial charge in [-0.15, -0.1) is 0 Å². The zero-order valence-corrected chi connectivity index (χ0v) is 13.2. The first-order valence-corrected chi connectivity index (χ1v) is 7.98. The molecule has 0 heterocycles. The third-order valence-electron chi connectivity index (χ3n) is 2.97. The fraction of sp³-hybridized carbons (Fsp3) is 0.133. The lowest BCUT2D eigenvalue weighted by Gasteiger charge is -2.12. The van der Waals surface area contributed by atoms with Gasteiger partial charge in [-0.3, -0.25) is 9.52 Å². The molecule has 0 unspecified atom stereocenters. The first-order chi connectivity index (χ1) is 10.7. The van der Waals surface area contributed by atoms with Gasteiger partial charge in [0.05, 0.1) is 0 Å². The van der Waals surface area contributed by atoms with Crippen LogP contribution in [0.1, 0.15) is 10.4 Å². The van der Waals surface area contributed by atoms with Crippen molar-refractivity contribution in [2.45, 2.75) is 4.90 Å². The molecule has 0 bridgehead atoms. The first kappa shape index (κ1) is 16.9. The van der Waals surface area contributed by atoms with E-state index in [-0.39, 0.29) is 11.6 Å². The Hall–Kier alpha value is -2.48. The zero-order valence-electron chi connectivity index (χ0n) is 12.4. The normalized spacial score (nSPS) is 11.1. The van der Waals surface area contributed by atoms with E-state index in [2.05, 4.69) is 4.72 Å². The van der Waals surface area contributed by atoms with Crippen molar-refractivity contribution in [2.24, 2.45) is 0 Å². The number of carbonyl (C=O) groups is 1. The highest BCUT2D eigenvalue weighted by atomic mass is 32.2. The van der Waals surface area contributed by atoms with Gasteiger partial charge in [-0.25, -0.2) is 17.2 Å². The second-order valence-electron chi connectivity index (χ2n) is 4.96. The van der Waals surface area contributed by atoms with Gasteiger partial charge in [-0.1, -0.05) is 0 Å². The monoisotopic (exact) mass is 340 g/mol. The molecule has 0 aromatic heterocycles. The molecule has 0 aliphatic carbocycles. The van der Waals surface area contributed by atoms with E-state index < -0.39 is 26.6 Å². The van der Waals surface area contributed by atoms with Crippen LogP contribution in [0.2, 0.25) is 0 Å². The fourth-order valence-electron chi connectivity index (χ4n) is 1.84. The summed E-state index contributed by atoms with van der Waals surface area (Å²) in [5, 5.41) is 0. The molecule has 1 N–H and O–H groups in total. The molecule has 0 atom stereocenters. The standard InChI is InChI=1S/C15H14F2N2O3S/c1-19(2)15(20)10-3-6-12(7-4-10)18-23(21,22)14-8-5-11(16)9-13(14)17/h3-9,18H,1-2H3. The van der Waals surface area contributed by atoms with Gasteiger partial charge < -0.3 is 4.90 Å². The molecule has 0 aliphatic rings. The van der Waals surface area contributed by atoms with E-state index in [0.29, 0.717) is 11.6 Å². The number of nitrogens with zero attached hydrogens (tertiary/aromatic N) is 1. The number of rotatable bonds is 4. The molecule has 2 aromatic carbocycles. The van der Waals surface area contributed by atoms with E-state index in [9.17, 15) is 22.0 Å². The highest BCUT2D eigenvalue weighted by molar-refractivity contribution is 7.92. The van der Waals surface area contributed by atoms with Crippen molar-refractivity contribution in [3.8, 4) is 0 Å². The number of nitrogens with one attached hydrogen (secondary N) is 1. The summed E-state index contributed by atoms with van der Waals surface area (Å²) in [5.41, 5.74) is 0.537. The second-order valence-corrected chi connectivity index (χ2v) is 6.61. The van der Waals surface area contributed by atoms with Crippen LogP contribution in [0.4, 0.5) is 14.5 Å². The Morgan fingerprint density at radius 2 is 1.65 bits per heavy atom. The second kappa shape index (κ2) is 6.33. The minimum absolute atomic E-state index is 0.157. The van der Waals surface area contributed by atoms with Crippen LogP contribution in [0.25, 0.3) is 0 Å². The maximum Gasteiger partial charge on any atom is 0.264 e. The predicted molar refractivity (Wildman–Crippen MR) is 81.6 cm³/mol. The molecule has 1 amide bonds. The quantitative estimate of drug-likeness (QED) is 0.930. The molecule has 23 heavy (non-hydrogen) atoms.